The van der Waals surface area contributed by atoms with Gasteiger partial charge in [0.2, 0.25) is 5.91 Å². The zero-order valence-corrected chi connectivity index (χ0v) is 14.8. The summed E-state index contributed by atoms with van der Waals surface area (Å²) >= 11 is 0. The van der Waals surface area contributed by atoms with Gasteiger partial charge in [0, 0.05) is 19.6 Å². The number of nitrogens with one attached hydrogen (secondary N) is 1. The number of carboxylic acid groups (broad SMARTS) is 1. The molecule has 2 rings (SSSR count). The first-order valence-corrected chi connectivity index (χ1v) is 8.78. The topological polar surface area (TPSA) is 134 Å². The van der Waals surface area contributed by atoms with Crippen LogP contribution in [0.15, 0.2) is 35.3 Å². The van der Waals surface area contributed by atoms with Crippen LogP contribution < -0.4 is 16.8 Å². The number of aliphatic carboxylic acids is 1. The number of rotatable bonds is 9. The number of likely N-dealkylation sites (tertiary alicyclic amines) is 1. The summed E-state index contributed by atoms with van der Waals surface area (Å²) in [5.41, 5.74) is 11.6. The predicted octanol–water partition coefficient (Wildman–Crippen LogP) is 0.274. The van der Waals surface area contributed by atoms with Crippen LogP contribution in [-0.4, -0.2) is 53.0 Å². The number of amides is 1. The second-order valence-corrected chi connectivity index (χ2v) is 6.32. The lowest BCUT2D eigenvalue weighted by molar-refractivity contribution is -0.149. The van der Waals surface area contributed by atoms with Gasteiger partial charge in [-0.05, 0) is 31.2 Å². The van der Waals surface area contributed by atoms with Crippen molar-refractivity contribution in [2.24, 2.45) is 16.5 Å². The van der Waals surface area contributed by atoms with Crippen molar-refractivity contribution in [3.8, 4) is 0 Å². The molecule has 0 aromatic heterocycles. The van der Waals surface area contributed by atoms with Gasteiger partial charge in [0.05, 0.1) is 6.04 Å². The second kappa shape index (κ2) is 9.76. The third kappa shape index (κ3) is 5.73. The van der Waals surface area contributed by atoms with Crippen LogP contribution >= 0.6 is 0 Å². The summed E-state index contributed by atoms with van der Waals surface area (Å²) in [5.74, 6) is -1.34. The predicted molar refractivity (Wildman–Crippen MR) is 99.4 cm³/mol. The van der Waals surface area contributed by atoms with E-state index in [0.717, 1.165) is 5.56 Å². The molecule has 142 valence electrons. The number of guanidine groups is 1. The maximum Gasteiger partial charge on any atom is 0.326 e. The highest BCUT2D eigenvalue weighted by molar-refractivity contribution is 5.87. The first-order valence-electron chi connectivity index (χ1n) is 9.23. The molecule has 1 heterocycles. The summed E-state index contributed by atoms with van der Waals surface area (Å²) in [7, 11) is 0. The molecule has 1 aromatic carbocycles. The van der Waals surface area contributed by atoms with E-state index in [0.29, 0.717) is 38.8 Å². The number of aliphatic imine (C=N–C) groups is 1. The number of benzene rings is 1. The highest BCUT2D eigenvalue weighted by Crippen LogP contribution is 2.19. The lowest BCUT2D eigenvalue weighted by Gasteiger charge is -2.27. The first-order chi connectivity index (χ1) is 12.9. The standard InChI is InChI=1S/C18H27N5O3/c19-18(20)21-10-4-8-14(22-12-13-6-2-1-3-7-13)16(24)23-11-5-9-15(23)17(25)26/h1-3,6-7,14-15,22H,4-5,8-12H2,(H,25,26)(H4,19,20,21)/t14-,15-/m0/s1/i/hD. The van der Waals surface area contributed by atoms with Gasteiger partial charge in [-0.15, -0.1) is 0 Å². The Morgan fingerprint density at radius 3 is 2.77 bits per heavy atom. The van der Waals surface area contributed by atoms with E-state index in [9.17, 15) is 14.7 Å². The van der Waals surface area contributed by atoms with Crippen LogP contribution in [0.25, 0.3) is 0 Å². The van der Waals surface area contributed by atoms with Crippen LogP contribution in [0.1, 0.15) is 31.2 Å². The molecule has 0 bridgehead atoms. The molecule has 1 aliphatic heterocycles. The van der Waals surface area contributed by atoms with Gasteiger partial charge in [0.25, 0.3) is 0 Å². The van der Waals surface area contributed by atoms with Gasteiger partial charge in [-0.1, -0.05) is 30.3 Å². The molecule has 0 radical (unpaired) electrons. The zero-order valence-electron chi connectivity index (χ0n) is 15.8. The minimum absolute atomic E-state index is 0.0182. The van der Waals surface area contributed by atoms with Crippen LogP contribution in [-0.2, 0) is 16.1 Å². The maximum atomic E-state index is 13.0. The van der Waals surface area contributed by atoms with Crippen molar-refractivity contribution >= 4 is 17.8 Å². The van der Waals surface area contributed by atoms with Crippen LogP contribution in [0.4, 0.5) is 0 Å². The smallest absolute Gasteiger partial charge is 0.326 e. The number of carbonyl (C=O) groups excluding carboxylic acids is 1. The van der Waals surface area contributed by atoms with E-state index >= 15 is 0 Å². The first kappa shape index (κ1) is 18.2. The van der Waals surface area contributed by atoms with Crippen LogP contribution in [0.2, 0.25) is 1.41 Å². The summed E-state index contributed by atoms with van der Waals surface area (Å²) in [4.78, 5) is 29.8. The fourth-order valence-corrected chi connectivity index (χ4v) is 3.06. The Morgan fingerprint density at radius 2 is 2.12 bits per heavy atom. The third-order valence-corrected chi connectivity index (χ3v) is 4.37. The molecule has 0 spiro atoms. The van der Waals surface area contributed by atoms with E-state index in [4.69, 9.17) is 12.9 Å². The summed E-state index contributed by atoms with van der Waals surface area (Å²) in [5, 5.41) is 10.6. The lowest BCUT2D eigenvalue weighted by atomic mass is 10.1. The minimum atomic E-state index is -1.00. The Balaban J connectivity index is 2.11. The van der Waals surface area contributed by atoms with Gasteiger partial charge in [-0.3, -0.25) is 9.79 Å². The van der Waals surface area contributed by atoms with E-state index in [1.807, 2.05) is 30.3 Å². The maximum absolute atomic E-state index is 13.0. The monoisotopic (exact) mass is 362 g/mol. The highest BCUT2D eigenvalue weighted by Gasteiger charge is 2.36. The van der Waals surface area contributed by atoms with Crippen molar-refractivity contribution < 1.29 is 16.1 Å². The molecule has 1 aliphatic rings. The van der Waals surface area contributed by atoms with E-state index in [1.54, 1.807) is 0 Å². The molecule has 2 atom stereocenters. The van der Waals surface area contributed by atoms with Crippen molar-refractivity contribution in [3.05, 3.63) is 35.9 Å². The Morgan fingerprint density at radius 1 is 1.38 bits per heavy atom. The number of hydrogen-bond acceptors (Lipinski definition) is 4. The summed E-state index contributed by atoms with van der Waals surface area (Å²) in [6.07, 6.45) is 1.98. The molecule has 1 aromatic rings. The molecule has 0 saturated carbocycles. The van der Waals surface area contributed by atoms with Gasteiger partial charge in [-0.25, -0.2) is 4.79 Å². The second-order valence-electron chi connectivity index (χ2n) is 6.32. The minimum Gasteiger partial charge on any atom is -0.480 e. The van der Waals surface area contributed by atoms with E-state index in [2.05, 4.69) is 4.99 Å². The number of carbonyl (C=O) groups is 2. The molecule has 0 unspecified atom stereocenters. The molecule has 0 aliphatic carbocycles. The molecule has 1 saturated heterocycles. The Bertz CT molecular complexity index is 666. The summed E-state index contributed by atoms with van der Waals surface area (Å²) < 4.78 is 8.41. The quantitative estimate of drug-likeness (QED) is 0.283. The number of hydrogen-bond donors (Lipinski definition) is 4. The number of carboxylic acids is 1. The fraction of sp³-hybridized carbons (Fsp3) is 0.500. The molecule has 8 nitrogen and oxygen atoms in total. The van der Waals surface area contributed by atoms with Crippen LogP contribution in [0, 0.1) is 0 Å². The lowest BCUT2D eigenvalue weighted by Crippen LogP contribution is -2.50. The van der Waals surface area contributed by atoms with Gasteiger partial charge in [-0.2, -0.15) is 0 Å². The average molecular weight is 362 g/mol. The number of nitrogens with two attached hydrogens (primary N) is 2. The largest absolute Gasteiger partial charge is 0.480 e. The SMILES string of the molecule is [2H]N(Cc1ccccc1)[C@@H](CCCN=C(N)N)C(=O)N1CCC[C@H]1C(=O)O. The van der Waals surface area contributed by atoms with E-state index < -0.39 is 18.1 Å². The summed E-state index contributed by atoms with van der Waals surface area (Å²) in [6.45, 7) is 1.03. The molecule has 1 fully saturated rings. The molecule has 8 heteroatoms. The zero-order chi connectivity index (χ0) is 19.8. The molecule has 26 heavy (non-hydrogen) atoms. The fourth-order valence-electron chi connectivity index (χ4n) is 3.06. The van der Waals surface area contributed by atoms with E-state index in [-0.39, 0.29) is 18.4 Å². The molecule has 6 N–H and O–H groups in total. The Kier molecular flexibility index (Phi) is 6.83. The number of nitrogens with zero attached hydrogens (tertiary/aromatic N) is 2. The van der Waals surface area contributed by atoms with Gasteiger partial charge in [0.15, 0.2) is 5.96 Å². The molecule has 1 amide bonds. The van der Waals surface area contributed by atoms with Crippen molar-refractivity contribution in [1.82, 2.24) is 10.2 Å². The van der Waals surface area contributed by atoms with Crippen LogP contribution in [0.5, 0.6) is 0 Å². The van der Waals surface area contributed by atoms with Gasteiger partial charge in [0.1, 0.15) is 7.45 Å². The van der Waals surface area contributed by atoms with Gasteiger partial charge >= 0.3 is 5.97 Å². The summed E-state index contributed by atoms with van der Waals surface area (Å²) in [6, 6.07) is 7.84. The normalized spacial score (nSPS) is 18.4. The van der Waals surface area contributed by atoms with Gasteiger partial charge < -0.3 is 26.8 Å². The van der Waals surface area contributed by atoms with E-state index in [1.165, 1.54) is 10.2 Å². The van der Waals surface area contributed by atoms with Crippen molar-refractivity contribution in [1.29, 1.82) is 0 Å². The Labute approximate surface area is 154 Å². The van der Waals surface area contributed by atoms with Crippen molar-refractivity contribution in [2.45, 2.75) is 44.3 Å². The average Bonchev–Trinajstić information content (AvgIpc) is 3.12. The molecular formula is C18H27N5O3. The Hall–Kier alpha value is -2.61. The molecular weight excluding hydrogens is 334 g/mol. The van der Waals surface area contributed by atoms with Crippen LogP contribution in [0.3, 0.4) is 0 Å². The van der Waals surface area contributed by atoms with Crippen molar-refractivity contribution in [2.75, 3.05) is 13.1 Å². The van der Waals surface area contributed by atoms with Crippen molar-refractivity contribution in [3.63, 3.8) is 0 Å². The highest BCUT2D eigenvalue weighted by atomic mass is 16.4. The third-order valence-electron chi connectivity index (χ3n) is 4.37.